The number of esters is 2. The Labute approximate surface area is 142 Å². The summed E-state index contributed by atoms with van der Waals surface area (Å²) < 4.78 is 10.2. The summed E-state index contributed by atoms with van der Waals surface area (Å²) in [5, 5.41) is 2.57. The Hall–Kier alpha value is -2.37. The van der Waals surface area contributed by atoms with Crippen molar-refractivity contribution in [3.05, 3.63) is 29.8 Å². The monoisotopic (exact) mass is 335 g/mol. The highest BCUT2D eigenvalue weighted by Crippen LogP contribution is 2.20. The molecule has 132 valence electrons. The molecule has 0 fully saturated rings. The topological polar surface area (TPSA) is 81.7 Å². The first-order valence-electron chi connectivity index (χ1n) is 8.25. The average molecular weight is 335 g/mol. The second-order valence-electron chi connectivity index (χ2n) is 5.28. The van der Waals surface area contributed by atoms with E-state index in [0.717, 1.165) is 19.3 Å². The van der Waals surface area contributed by atoms with Crippen LogP contribution in [0.4, 0.5) is 0 Å². The summed E-state index contributed by atoms with van der Waals surface area (Å²) in [6.07, 6.45) is 4.02. The van der Waals surface area contributed by atoms with E-state index in [-0.39, 0.29) is 36.2 Å². The third-order valence-corrected chi connectivity index (χ3v) is 3.42. The highest BCUT2D eigenvalue weighted by molar-refractivity contribution is 5.93. The number of benzene rings is 1. The van der Waals surface area contributed by atoms with Gasteiger partial charge in [-0.05, 0) is 31.9 Å². The molecule has 1 aromatic rings. The SMILES string of the molecule is CCOC(=O)c1ccccc1OC(=O)CCCCCCC(=O)NC. The molecular formula is C18H25NO5. The van der Waals surface area contributed by atoms with Gasteiger partial charge in [0, 0.05) is 19.9 Å². The second-order valence-corrected chi connectivity index (χ2v) is 5.28. The summed E-state index contributed by atoms with van der Waals surface area (Å²) in [6.45, 7) is 1.98. The molecule has 1 amide bonds. The number of hydrogen-bond acceptors (Lipinski definition) is 5. The first kappa shape index (κ1) is 19.7. The van der Waals surface area contributed by atoms with Crippen molar-refractivity contribution in [2.24, 2.45) is 0 Å². The van der Waals surface area contributed by atoms with E-state index in [0.29, 0.717) is 12.8 Å². The molecule has 0 heterocycles. The molecule has 0 aliphatic rings. The lowest BCUT2D eigenvalue weighted by Gasteiger charge is -2.09. The van der Waals surface area contributed by atoms with Crippen molar-refractivity contribution < 1.29 is 23.9 Å². The van der Waals surface area contributed by atoms with E-state index < -0.39 is 5.97 Å². The lowest BCUT2D eigenvalue weighted by molar-refractivity contribution is -0.134. The Balaban J connectivity index is 2.35. The van der Waals surface area contributed by atoms with Crippen LogP contribution in [0.1, 0.15) is 55.8 Å². The number of rotatable bonds is 10. The molecule has 0 saturated heterocycles. The van der Waals surface area contributed by atoms with Gasteiger partial charge in [0.15, 0.2) is 0 Å². The quantitative estimate of drug-likeness (QED) is 0.404. The molecular weight excluding hydrogens is 310 g/mol. The summed E-state index contributed by atoms with van der Waals surface area (Å²) in [4.78, 5) is 34.8. The van der Waals surface area contributed by atoms with Crippen LogP contribution in [0.15, 0.2) is 24.3 Å². The fourth-order valence-electron chi connectivity index (χ4n) is 2.14. The summed E-state index contributed by atoms with van der Waals surface area (Å²) in [5.74, 6) is -0.626. The first-order valence-corrected chi connectivity index (χ1v) is 8.25. The number of para-hydroxylation sites is 1. The standard InChI is InChI=1S/C18H25NO5/c1-3-23-18(22)14-10-8-9-11-15(14)24-17(21)13-7-5-4-6-12-16(20)19-2/h8-11H,3-7,12-13H2,1-2H3,(H,19,20). The molecule has 1 N–H and O–H groups in total. The van der Waals surface area contributed by atoms with Gasteiger partial charge in [-0.1, -0.05) is 25.0 Å². The highest BCUT2D eigenvalue weighted by Gasteiger charge is 2.15. The lowest BCUT2D eigenvalue weighted by Crippen LogP contribution is -2.16. The zero-order chi connectivity index (χ0) is 17.8. The molecule has 0 saturated carbocycles. The number of carbonyl (C=O) groups is 3. The average Bonchev–Trinajstić information content (AvgIpc) is 2.58. The summed E-state index contributed by atoms with van der Waals surface area (Å²) in [6, 6.07) is 6.53. The maximum Gasteiger partial charge on any atom is 0.341 e. The van der Waals surface area contributed by atoms with Gasteiger partial charge in [0.25, 0.3) is 0 Å². The normalized spacial score (nSPS) is 10.1. The van der Waals surface area contributed by atoms with Crippen LogP contribution < -0.4 is 10.1 Å². The van der Waals surface area contributed by atoms with Gasteiger partial charge >= 0.3 is 11.9 Å². The van der Waals surface area contributed by atoms with E-state index >= 15 is 0 Å². The number of amides is 1. The van der Waals surface area contributed by atoms with E-state index in [1.54, 1.807) is 38.2 Å². The van der Waals surface area contributed by atoms with E-state index in [9.17, 15) is 14.4 Å². The maximum atomic E-state index is 11.9. The third kappa shape index (κ3) is 7.26. The molecule has 0 radical (unpaired) electrons. The Bertz CT molecular complexity index is 556. The minimum absolute atomic E-state index is 0.0324. The smallest absolute Gasteiger partial charge is 0.341 e. The van der Waals surface area contributed by atoms with Crippen molar-refractivity contribution in [1.82, 2.24) is 5.32 Å². The van der Waals surface area contributed by atoms with Crippen molar-refractivity contribution in [3.63, 3.8) is 0 Å². The van der Waals surface area contributed by atoms with Crippen LogP contribution in [0.25, 0.3) is 0 Å². The summed E-state index contributed by atoms with van der Waals surface area (Å²) in [5.41, 5.74) is 0.248. The summed E-state index contributed by atoms with van der Waals surface area (Å²) in [7, 11) is 1.62. The molecule has 0 spiro atoms. The maximum absolute atomic E-state index is 11.9. The number of ether oxygens (including phenoxy) is 2. The minimum Gasteiger partial charge on any atom is -0.462 e. The molecule has 6 heteroatoms. The van der Waals surface area contributed by atoms with Crippen molar-refractivity contribution in [1.29, 1.82) is 0 Å². The third-order valence-electron chi connectivity index (χ3n) is 3.42. The lowest BCUT2D eigenvalue weighted by atomic mass is 10.1. The van der Waals surface area contributed by atoms with Crippen LogP contribution in [0.5, 0.6) is 5.75 Å². The van der Waals surface area contributed by atoms with Gasteiger partial charge in [-0.3, -0.25) is 9.59 Å². The van der Waals surface area contributed by atoms with Crippen LogP contribution in [-0.2, 0) is 14.3 Å². The van der Waals surface area contributed by atoms with Gasteiger partial charge in [0.05, 0.1) is 6.61 Å². The van der Waals surface area contributed by atoms with E-state index in [4.69, 9.17) is 9.47 Å². The number of nitrogens with one attached hydrogen (secondary N) is 1. The molecule has 0 aliphatic carbocycles. The van der Waals surface area contributed by atoms with Gasteiger partial charge in [0.2, 0.25) is 5.91 Å². The van der Waals surface area contributed by atoms with Crippen molar-refractivity contribution in [3.8, 4) is 5.75 Å². The molecule has 0 bridgehead atoms. The predicted molar refractivity (Wildman–Crippen MR) is 89.8 cm³/mol. The highest BCUT2D eigenvalue weighted by atomic mass is 16.5. The van der Waals surface area contributed by atoms with Crippen molar-refractivity contribution >= 4 is 17.8 Å². The molecule has 1 aromatic carbocycles. The zero-order valence-electron chi connectivity index (χ0n) is 14.3. The Morgan fingerprint density at radius 3 is 2.33 bits per heavy atom. The van der Waals surface area contributed by atoms with E-state index in [2.05, 4.69) is 5.32 Å². The van der Waals surface area contributed by atoms with Crippen LogP contribution in [0, 0.1) is 0 Å². The van der Waals surface area contributed by atoms with Crippen LogP contribution in [0.3, 0.4) is 0 Å². The summed E-state index contributed by atoms with van der Waals surface area (Å²) >= 11 is 0. The van der Waals surface area contributed by atoms with Gasteiger partial charge in [-0.15, -0.1) is 0 Å². The van der Waals surface area contributed by atoms with Crippen LogP contribution >= 0.6 is 0 Å². The van der Waals surface area contributed by atoms with E-state index in [1.165, 1.54) is 0 Å². The number of hydrogen-bond donors (Lipinski definition) is 1. The number of unbranched alkanes of at least 4 members (excludes halogenated alkanes) is 3. The minimum atomic E-state index is -0.505. The van der Waals surface area contributed by atoms with Crippen molar-refractivity contribution in [2.75, 3.05) is 13.7 Å². The fraction of sp³-hybridized carbons (Fsp3) is 0.500. The van der Waals surface area contributed by atoms with Crippen molar-refractivity contribution in [2.45, 2.75) is 45.4 Å². The molecule has 0 atom stereocenters. The van der Waals surface area contributed by atoms with Gasteiger partial charge in [-0.25, -0.2) is 4.79 Å². The molecule has 0 aromatic heterocycles. The molecule has 0 unspecified atom stereocenters. The van der Waals surface area contributed by atoms with E-state index in [1.807, 2.05) is 0 Å². The second kappa shape index (κ2) is 11.2. The van der Waals surface area contributed by atoms with Gasteiger partial charge < -0.3 is 14.8 Å². The molecule has 24 heavy (non-hydrogen) atoms. The first-order chi connectivity index (χ1) is 11.6. The van der Waals surface area contributed by atoms with Crippen LogP contribution in [-0.4, -0.2) is 31.5 Å². The fourth-order valence-corrected chi connectivity index (χ4v) is 2.14. The van der Waals surface area contributed by atoms with Gasteiger partial charge in [0.1, 0.15) is 11.3 Å². The zero-order valence-corrected chi connectivity index (χ0v) is 14.3. The Kier molecular flexibility index (Phi) is 9.19. The van der Waals surface area contributed by atoms with Crippen LogP contribution in [0.2, 0.25) is 0 Å². The molecule has 1 rings (SSSR count). The Morgan fingerprint density at radius 1 is 1.00 bits per heavy atom. The van der Waals surface area contributed by atoms with Gasteiger partial charge in [-0.2, -0.15) is 0 Å². The number of carbonyl (C=O) groups excluding carboxylic acids is 3. The molecule has 0 aliphatic heterocycles. The predicted octanol–water partition coefficient (Wildman–Crippen LogP) is 2.86. The Morgan fingerprint density at radius 2 is 1.67 bits per heavy atom. The largest absolute Gasteiger partial charge is 0.462 e. The molecule has 6 nitrogen and oxygen atoms in total.